The highest BCUT2D eigenvalue weighted by Crippen LogP contribution is 2.05. The molecule has 2 unspecified atom stereocenters. The van der Waals surface area contributed by atoms with Gasteiger partial charge in [0.15, 0.2) is 0 Å². The molecule has 0 bridgehead atoms. The zero-order valence-electron chi connectivity index (χ0n) is 9.62. The molecule has 2 heterocycles. The quantitative estimate of drug-likeness (QED) is 0.557. The number of hydrogen-bond donors (Lipinski definition) is 4. The molecule has 2 atom stereocenters. The van der Waals surface area contributed by atoms with Crippen molar-refractivity contribution in [2.75, 3.05) is 7.05 Å². The highest BCUT2D eigenvalue weighted by molar-refractivity contribution is 5.27. The average Bonchev–Trinajstić information content (AvgIpc) is 2.29. The van der Waals surface area contributed by atoms with E-state index in [4.69, 9.17) is 0 Å². The largest absolute Gasteiger partial charge is 0.388 e. The summed E-state index contributed by atoms with van der Waals surface area (Å²) in [5.41, 5.74) is 2.24. The van der Waals surface area contributed by atoms with E-state index >= 15 is 0 Å². The summed E-state index contributed by atoms with van der Waals surface area (Å²) in [6.45, 7) is 2.12. The molecule has 0 saturated carbocycles. The normalized spacial score (nSPS) is 27.4. The number of allylic oxidation sites excluding steroid dienone is 2. The molecule has 2 aliphatic rings. The second kappa shape index (κ2) is 4.79. The van der Waals surface area contributed by atoms with Crippen molar-refractivity contribution in [2.45, 2.75) is 19.1 Å². The van der Waals surface area contributed by atoms with Gasteiger partial charge in [-0.15, -0.1) is 0 Å². The fourth-order valence-corrected chi connectivity index (χ4v) is 1.71. The van der Waals surface area contributed by atoms with Gasteiger partial charge in [-0.05, 0) is 37.4 Å². The molecule has 16 heavy (non-hydrogen) atoms. The van der Waals surface area contributed by atoms with Crippen LogP contribution in [0, 0.1) is 0 Å². The van der Waals surface area contributed by atoms with E-state index in [1.54, 1.807) is 0 Å². The lowest BCUT2D eigenvalue weighted by molar-refractivity contribution is 0.598. The Morgan fingerprint density at radius 3 is 2.56 bits per heavy atom. The second-order valence-electron chi connectivity index (χ2n) is 3.90. The number of hydrogen-bond acceptors (Lipinski definition) is 4. The van der Waals surface area contributed by atoms with Crippen LogP contribution in [0.25, 0.3) is 0 Å². The summed E-state index contributed by atoms with van der Waals surface area (Å²) in [5.74, 6) is 0. The zero-order valence-corrected chi connectivity index (χ0v) is 9.62. The third kappa shape index (κ3) is 2.59. The van der Waals surface area contributed by atoms with Gasteiger partial charge in [0, 0.05) is 30.7 Å². The van der Waals surface area contributed by atoms with Gasteiger partial charge >= 0.3 is 0 Å². The summed E-state index contributed by atoms with van der Waals surface area (Å²) in [4.78, 5) is 0. The minimum Gasteiger partial charge on any atom is -0.388 e. The van der Waals surface area contributed by atoms with Gasteiger partial charge < -0.3 is 21.3 Å². The summed E-state index contributed by atoms with van der Waals surface area (Å²) in [7, 11) is 1.92. The predicted octanol–water partition coefficient (Wildman–Crippen LogP) is 0.512. The van der Waals surface area contributed by atoms with Crippen molar-refractivity contribution >= 4 is 0 Å². The van der Waals surface area contributed by atoms with Gasteiger partial charge in [-0.1, -0.05) is 0 Å². The molecular weight excluding hydrogens is 200 g/mol. The highest BCUT2D eigenvalue weighted by Gasteiger charge is 2.09. The maximum absolute atomic E-state index is 3.41. The Morgan fingerprint density at radius 2 is 1.81 bits per heavy atom. The van der Waals surface area contributed by atoms with E-state index in [0.29, 0.717) is 6.04 Å². The van der Waals surface area contributed by atoms with Crippen LogP contribution in [0.2, 0.25) is 0 Å². The van der Waals surface area contributed by atoms with Crippen LogP contribution in [0.15, 0.2) is 48.1 Å². The molecule has 0 aromatic heterocycles. The Hall–Kier alpha value is -1.84. The lowest BCUT2D eigenvalue weighted by Gasteiger charge is -2.24. The van der Waals surface area contributed by atoms with Crippen LogP contribution in [-0.2, 0) is 0 Å². The maximum Gasteiger partial charge on any atom is 0.118 e. The van der Waals surface area contributed by atoms with Crippen LogP contribution in [0.1, 0.15) is 6.92 Å². The Balaban J connectivity index is 1.98. The fraction of sp³-hybridized carbons (Fsp3) is 0.333. The molecule has 4 heteroatoms. The van der Waals surface area contributed by atoms with E-state index in [0.717, 1.165) is 11.4 Å². The number of nitrogens with one attached hydrogen (secondary N) is 4. The molecule has 0 fully saturated rings. The minimum absolute atomic E-state index is 0.133. The van der Waals surface area contributed by atoms with Crippen LogP contribution in [-0.4, -0.2) is 19.3 Å². The van der Waals surface area contributed by atoms with E-state index in [2.05, 4.69) is 40.3 Å². The Labute approximate surface area is 96.2 Å². The molecule has 0 aromatic rings. The molecule has 4 N–H and O–H groups in total. The van der Waals surface area contributed by atoms with Gasteiger partial charge in [0.05, 0.1) is 0 Å². The summed E-state index contributed by atoms with van der Waals surface area (Å²) in [6, 6.07) is 0.374. The van der Waals surface area contributed by atoms with Crippen LogP contribution in [0.5, 0.6) is 0 Å². The van der Waals surface area contributed by atoms with Crippen LogP contribution >= 0.6 is 0 Å². The first-order chi connectivity index (χ1) is 7.78. The molecule has 2 rings (SSSR count). The van der Waals surface area contributed by atoms with E-state index in [9.17, 15) is 0 Å². The molecule has 0 aliphatic carbocycles. The Kier molecular flexibility index (Phi) is 3.19. The fourth-order valence-electron chi connectivity index (χ4n) is 1.71. The van der Waals surface area contributed by atoms with Gasteiger partial charge in [0.2, 0.25) is 0 Å². The summed E-state index contributed by atoms with van der Waals surface area (Å²) in [5, 5.41) is 13.0. The molecule has 0 amide bonds. The van der Waals surface area contributed by atoms with Gasteiger partial charge in [-0.3, -0.25) is 0 Å². The van der Waals surface area contributed by atoms with Crippen LogP contribution < -0.4 is 21.3 Å². The maximum atomic E-state index is 3.41. The molecule has 2 aliphatic heterocycles. The molecule has 0 spiro atoms. The van der Waals surface area contributed by atoms with Gasteiger partial charge in [-0.2, -0.15) is 0 Å². The zero-order chi connectivity index (χ0) is 11.4. The topological polar surface area (TPSA) is 48.1 Å². The molecule has 0 saturated heterocycles. The summed E-state index contributed by atoms with van der Waals surface area (Å²) in [6.07, 6.45) is 12.4. The van der Waals surface area contributed by atoms with Crippen LogP contribution in [0.3, 0.4) is 0 Å². The van der Waals surface area contributed by atoms with E-state index < -0.39 is 0 Å². The minimum atomic E-state index is 0.133. The van der Waals surface area contributed by atoms with Crippen molar-refractivity contribution in [3.63, 3.8) is 0 Å². The molecule has 0 radical (unpaired) electrons. The van der Waals surface area contributed by atoms with Crippen molar-refractivity contribution in [3.05, 3.63) is 48.1 Å². The lowest BCUT2D eigenvalue weighted by Crippen LogP contribution is -2.40. The molecule has 86 valence electrons. The second-order valence-corrected chi connectivity index (χ2v) is 3.90. The monoisotopic (exact) mass is 218 g/mol. The number of rotatable bonds is 3. The molecular formula is C12H18N4. The summed E-state index contributed by atoms with van der Waals surface area (Å²) < 4.78 is 0. The van der Waals surface area contributed by atoms with Crippen LogP contribution in [0.4, 0.5) is 0 Å². The van der Waals surface area contributed by atoms with Crippen molar-refractivity contribution in [1.29, 1.82) is 0 Å². The lowest BCUT2D eigenvalue weighted by atomic mass is 10.2. The van der Waals surface area contributed by atoms with Gasteiger partial charge in [0.25, 0.3) is 0 Å². The number of dihydropyridines is 2. The SMILES string of the molecule is CNC1=CC(NC2=CC(C)NC=C2)NC=C1. The first kappa shape index (κ1) is 10.7. The van der Waals surface area contributed by atoms with Crippen molar-refractivity contribution in [2.24, 2.45) is 0 Å². The smallest absolute Gasteiger partial charge is 0.118 e. The number of likely N-dealkylation sites (N-methyl/N-ethyl adjacent to an activating group) is 1. The van der Waals surface area contributed by atoms with Gasteiger partial charge in [-0.25, -0.2) is 0 Å². The Morgan fingerprint density at radius 1 is 1.06 bits per heavy atom. The van der Waals surface area contributed by atoms with E-state index in [1.165, 1.54) is 0 Å². The van der Waals surface area contributed by atoms with Crippen molar-refractivity contribution in [3.8, 4) is 0 Å². The van der Waals surface area contributed by atoms with E-state index in [1.807, 2.05) is 31.6 Å². The van der Waals surface area contributed by atoms with E-state index in [-0.39, 0.29) is 6.17 Å². The molecule has 4 nitrogen and oxygen atoms in total. The first-order valence-electron chi connectivity index (χ1n) is 5.51. The third-order valence-electron chi connectivity index (χ3n) is 2.55. The van der Waals surface area contributed by atoms with Crippen molar-refractivity contribution < 1.29 is 0 Å². The highest BCUT2D eigenvalue weighted by atomic mass is 15.1. The predicted molar refractivity (Wildman–Crippen MR) is 66.2 cm³/mol. The molecule has 0 aromatic carbocycles. The summed E-state index contributed by atoms with van der Waals surface area (Å²) >= 11 is 0. The Bertz CT molecular complexity index is 365. The van der Waals surface area contributed by atoms with Crippen molar-refractivity contribution in [1.82, 2.24) is 21.3 Å². The first-order valence-corrected chi connectivity index (χ1v) is 5.51. The standard InChI is InChI=1S/C12H18N4/c1-9-7-11(4-5-14-9)16-12-8-10(13-2)3-6-15-12/h3-9,12-16H,1-2H3. The average molecular weight is 218 g/mol. The third-order valence-corrected chi connectivity index (χ3v) is 2.55. The van der Waals surface area contributed by atoms with Gasteiger partial charge in [0.1, 0.15) is 6.17 Å².